The third kappa shape index (κ3) is 8.00. The molecule has 3 heteroatoms. The fourth-order valence-electron chi connectivity index (χ4n) is 2.99. The molecule has 0 saturated carbocycles. The van der Waals surface area contributed by atoms with E-state index in [-0.39, 0.29) is 0 Å². The number of aryl methyl sites for hydroxylation is 2. The van der Waals surface area contributed by atoms with E-state index in [1.807, 2.05) is 0 Å². The highest BCUT2D eigenvalue weighted by molar-refractivity contribution is 6.18. The Balaban J connectivity index is 1.65. The average molecular weight is 357 g/mol. The molecule has 2 nitrogen and oxygen atoms in total. The molecule has 0 bridgehead atoms. The molecular formula is C22H32O2Si. The summed E-state index contributed by atoms with van der Waals surface area (Å²) in [5, 5.41) is 0. The minimum atomic E-state index is -0.906. The van der Waals surface area contributed by atoms with Crippen molar-refractivity contribution in [1.29, 1.82) is 0 Å². The van der Waals surface area contributed by atoms with Crippen LogP contribution in [-0.2, 0) is 21.7 Å². The molecule has 0 aliphatic carbocycles. The maximum atomic E-state index is 6.11. The summed E-state index contributed by atoms with van der Waals surface area (Å²) >= 11 is 0. The zero-order valence-corrected chi connectivity index (χ0v) is 17.1. The molecule has 0 radical (unpaired) electrons. The van der Waals surface area contributed by atoms with Crippen molar-refractivity contribution in [2.45, 2.75) is 64.6 Å². The van der Waals surface area contributed by atoms with Gasteiger partial charge in [-0.25, -0.2) is 0 Å². The molecule has 0 heterocycles. The van der Waals surface area contributed by atoms with Gasteiger partial charge in [-0.1, -0.05) is 74.5 Å². The minimum absolute atomic E-state index is 0.332. The highest BCUT2D eigenvalue weighted by Gasteiger charge is 2.11. The van der Waals surface area contributed by atoms with Gasteiger partial charge in [-0.3, -0.25) is 0 Å². The Morgan fingerprint density at radius 1 is 0.680 bits per heavy atom. The lowest BCUT2D eigenvalue weighted by Crippen LogP contribution is -2.22. The standard InChI is InChI=1S/C22H32O2Si/c1-3-21(17-15-19-11-7-5-8-12-19)23-25-24-22(4-2)18-16-20-13-9-6-10-14-20/h5-14,21-22H,3-4,15-18,25H2,1-2H3. The molecular weight excluding hydrogens is 324 g/mol. The van der Waals surface area contributed by atoms with Crippen molar-refractivity contribution < 1.29 is 8.85 Å². The van der Waals surface area contributed by atoms with Crippen LogP contribution in [-0.4, -0.2) is 22.2 Å². The molecule has 0 spiro atoms. The van der Waals surface area contributed by atoms with Gasteiger partial charge in [0.1, 0.15) is 0 Å². The molecule has 2 atom stereocenters. The predicted molar refractivity (Wildman–Crippen MR) is 108 cm³/mol. The molecule has 25 heavy (non-hydrogen) atoms. The molecule has 0 aliphatic rings. The number of benzene rings is 2. The Morgan fingerprint density at radius 2 is 1.08 bits per heavy atom. The van der Waals surface area contributed by atoms with Crippen LogP contribution in [0.1, 0.15) is 50.7 Å². The molecule has 2 aromatic carbocycles. The summed E-state index contributed by atoms with van der Waals surface area (Å²) in [5.41, 5.74) is 2.78. The van der Waals surface area contributed by atoms with Gasteiger partial charge in [0, 0.05) is 12.2 Å². The van der Waals surface area contributed by atoms with Crippen LogP contribution in [0.4, 0.5) is 0 Å². The summed E-state index contributed by atoms with van der Waals surface area (Å²) < 4.78 is 12.2. The second-order valence-electron chi connectivity index (χ2n) is 6.56. The fourth-order valence-corrected chi connectivity index (χ4v) is 4.26. The summed E-state index contributed by atoms with van der Waals surface area (Å²) in [6.45, 7) is 4.41. The normalized spacial score (nSPS) is 14.0. The van der Waals surface area contributed by atoms with Crippen LogP contribution < -0.4 is 0 Å². The van der Waals surface area contributed by atoms with Crippen molar-refractivity contribution in [3.05, 3.63) is 71.8 Å². The third-order valence-corrected chi connectivity index (χ3v) is 5.93. The van der Waals surface area contributed by atoms with Crippen molar-refractivity contribution in [3.63, 3.8) is 0 Å². The zero-order chi connectivity index (χ0) is 17.7. The smallest absolute Gasteiger partial charge is 0.304 e. The second kappa shape index (κ2) is 12.0. The number of hydrogen-bond acceptors (Lipinski definition) is 2. The number of hydrogen-bond donors (Lipinski definition) is 0. The Labute approximate surface area is 155 Å². The van der Waals surface area contributed by atoms with E-state index in [0.717, 1.165) is 38.5 Å². The number of rotatable bonds is 12. The maximum Gasteiger partial charge on any atom is 0.304 e. The lowest BCUT2D eigenvalue weighted by Gasteiger charge is -2.20. The summed E-state index contributed by atoms with van der Waals surface area (Å²) in [6, 6.07) is 21.3. The quantitative estimate of drug-likeness (QED) is 0.507. The Bertz CT molecular complexity index is 507. The van der Waals surface area contributed by atoms with E-state index in [0.29, 0.717) is 12.2 Å². The summed E-state index contributed by atoms with van der Waals surface area (Å²) in [6.07, 6.45) is 7.11. The highest BCUT2D eigenvalue weighted by Crippen LogP contribution is 2.12. The molecule has 2 rings (SSSR count). The van der Waals surface area contributed by atoms with E-state index in [1.165, 1.54) is 11.1 Å². The Kier molecular flexibility index (Phi) is 9.56. The van der Waals surface area contributed by atoms with Gasteiger partial charge in [0.2, 0.25) is 0 Å². The van der Waals surface area contributed by atoms with Crippen molar-refractivity contribution in [1.82, 2.24) is 0 Å². The first kappa shape index (κ1) is 19.9. The molecule has 2 aromatic rings. The molecule has 0 fully saturated rings. The van der Waals surface area contributed by atoms with Gasteiger partial charge in [0.05, 0.1) is 0 Å². The van der Waals surface area contributed by atoms with Crippen LogP contribution in [0.5, 0.6) is 0 Å². The predicted octanol–water partition coefficient (Wildman–Crippen LogP) is 4.84. The highest BCUT2D eigenvalue weighted by atomic mass is 28.3. The lowest BCUT2D eigenvalue weighted by molar-refractivity contribution is 0.106. The second-order valence-corrected chi connectivity index (χ2v) is 7.46. The third-order valence-electron chi connectivity index (χ3n) is 4.71. The van der Waals surface area contributed by atoms with E-state index in [2.05, 4.69) is 74.5 Å². The van der Waals surface area contributed by atoms with E-state index >= 15 is 0 Å². The van der Waals surface area contributed by atoms with Crippen LogP contribution >= 0.6 is 0 Å². The van der Waals surface area contributed by atoms with Crippen LogP contribution in [0.25, 0.3) is 0 Å². The largest absolute Gasteiger partial charge is 0.396 e. The first-order valence-electron chi connectivity index (χ1n) is 9.62. The van der Waals surface area contributed by atoms with Gasteiger partial charge >= 0.3 is 10.0 Å². The summed E-state index contributed by atoms with van der Waals surface area (Å²) in [5.74, 6) is 0. The molecule has 0 aromatic heterocycles. The molecule has 0 N–H and O–H groups in total. The molecule has 2 unspecified atom stereocenters. The van der Waals surface area contributed by atoms with Gasteiger partial charge in [0.25, 0.3) is 0 Å². The van der Waals surface area contributed by atoms with Crippen LogP contribution in [0, 0.1) is 0 Å². The summed E-state index contributed by atoms with van der Waals surface area (Å²) in [7, 11) is -0.906. The molecule has 0 amide bonds. The van der Waals surface area contributed by atoms with Crippen LogP contribution in [0.3, 0.4) is 0 Å². The molecule has 0 saturated heterocycles. The van der Waals surface area contributed by atoms with Gasteiger partial charge in [0.15, 0.2) is 0 Å². The maximum absolute atomic E-state index is 6.11. The van der Waals surface area contributed by atoms with Crippen LogP contribution in [0.2, 0.25) is 0 Å². The SMILES string of the molecule is CCC(CCc1ccccc1)O[SiH2]OC(CC)CCc1ccccc1. The topological polar surface area (TPSA) is 18.5 Å². The van der Waals surface area contributed by atoms with Gasteiger partial charge in [-0.15, -0.1) is 0 Å². The van der Waals surface area contributed by atoms with Gasteiger partial charge in [-0.05, 0) is 49.7 Å². The summed E-state index contributed by atoms with van der Waals surface area (Å²) in [4.78, 5) is 0. The first-order valence-corrected chi connectivity index (χ1v) is 10.8. The average Bonchev–Trinajstić information content (AvgIpc) is 2.68. The van der Waals surface area contributed by atoms with Crippen molar-refractivity contribution in [2.75, 3.05) is 0 Å². The van der Waals surface area contributed by atoms with Gasteiger partial charge < -0.3 is 8.85 Å². The van der Waals surface area contributed by atoms with Crippen molar-refractivity contribution in [3.8, 4) is 0 Å². The van der Waals surface area contributed by atoms with Crippen molar-refractivity contribution in [2.24, 2.45) is 0 Å². The Hall–Kier alpha value is -1.42. The zero-order valence-electron chi connectivity index (χ0n) is 15.7. The lowest BCUT2D eigenvalue weighted by atomic mass is 10.1. The van der Waals surface area contributed by atoms with Gasteiger partial charge in [-0.2, -0.15) is 0 Å². The van der Waals surface area contributed by atoms with Crippen LogP contribution in [0.15, 0.2) is 60.7 Å². The van der Waals surface area contributed by atoms with E-state index < -0.39 is 10.0 Å². The van der Waals surface area contributed by atoms with Crippen molar-refractivity contribution >= 4 is 10.0 Å². The fraction of sp³-hybridized carbons (Fsp3) is 0.455. The minimum Gasteiger partial charge on any atom is -0.396 e. The molecule has 0 aliphatic heterocycles. The monoisotopic (exact) mass is 356 g/mol. The van der Waals surface area contributed by atoms with E-state index in [1.54, 1.807) is 0 Å². The van der Waals surface area contributed by atoms with E-state index in [9.17, 15) is 0 Å². The first-order chi connectivity index (χ1) is 12.3. The molecule has 136 valence electrons. The van der Waals surface area contributed by atoms with E-state index in [4.69, 9.17) is 8.85 Å². The Morgan fingerprint density at radius 3 is 1.44 bits per heavy atom.